The predicted octanol–water partition coefficient (Wildman–Crippen LogP) is 0.393. The molecule has 2 rings (SSSR count). The van der Waals surface area contributed by atoms with Crippen LogP contribution >= 0.6 is 0 Å². The Hall–Kier alpha value is -2.37. The predicted molar refractivity (Wildman–Crippen MR) is 66.9 cm³/mol. The average molecular weight is 262 g/mol. The molecule has 3 N–H and O–H groups in total. The van der Waals surface area contributed by atoms with Crippen molar-refractivity contribution in [2.45, 2.75) is 18.9 Å². The highest BCUT2D eigenvalue weighted by atomic mass is 16.4. The van der Waals surface area contributed by atoms with Gasteiger partial charge in [-0.25, -0.2) is 4.79 Å². The topological polar surface area (TPSA) is 95.5 Å². The van der Waals surface area contributed by atoms with Crippen LogP contribution in [0.5, 0.6) is 0 Å². The van der Waals surface area contributed by atoms with Gasteiger partial charge in [0.05, 0.1) is 5.56 Å². The number of carbonyl (C=O) groups excluding carboxylic acids is 2. The van der Waals surface area contributed by atoms with Gasteiger partial charge in [0, 0.05) is 12.1 Å². The Kier molecular flexibility index (Phi) is 3.79. The Labute approximate surface area is 109 Å². The standard InChI is InChI=1S/C13H14N2O4/c16-11(15-10-2-1-7-14-12(10)17)8-3-5-9(6-4-8)13(18)19/h3-6,10H,1-2,7H2,(H,14,17)(H,15,16)(H,18,19)/t10-/m1/s1. The van der Waals surface area contributed by atoms with Crippen LogP contribution in [-0.4, -0.2) is 35.5 Å². The van der Waals surface area contributed by atoms with Crippen molar-refractivity contribution >= 4 is 17.8 Å². The van der Waals surface area contributed by atoms with Gasteiger partial charge < -0.3 is 15.7 Å². The largest absolute Gasteiger partial charge is 0.478 e. The number of rotatable bonds is 3. The van der Waals surface area contributed by atoms with Crippen molar-refractivity contribution in [1.29, 1.82) is 0 Å². The fourth-order valence-corrected chi connectivity index (χ4v) is 1.92. The van der Waals surface area contributed by atoms with Crippen LogP contribution in [0.4, 0.5) is 0 Å². The van der Waals surface area contributed by atoms with Crippen molar-refractivity contribution in [2.75, 3.05) is 6.54 Å². The van der Waals surface area contributed by atoms with Crippen LogP contribution in [0.1, 0.15) is 33.6 Å². The minimum Gasteiger partial charge on any atom is -0.478 e. The maximum absolute atomic E-state index is 11.9. The summed E-state index contributed by atoms with van der Waals surface area (Å²) < 4.78 is 0. The minimum atomic E-state index is -1.04. The summed E-state index contributed by atoms with van der Waals surface area (Å²) in [6, 6.07) is 5.07. The molecule has 0 bridgehead atoms. The number of carboxylic acid groups (broad SMARTS) is 1. The molecule has 1 fully saturated rings. The van der Waals surface area contributed by atoms with Gasteiger partial charge in [0.15, 0.2) is 0 Å². The molecule has 1 aliphatic heterocycles. The zero-order valence-electron chi connectivity index (χ0n) is 10.2. The van der Waals surface area contributed by atoms with Gasteiger partial charge in [0.25, 0.3) is 5.91 Å². The van der Waals surface area contributed by atoms with E-state index in [1.54, 1.807) is 0 Å². The molecular weight excluding hydrogens is 248 g/mol. The molecule has 1 atom stereocenters. The highest BCUT2D eigenvalue weighted by molar-refractivity contribution is 5.98. The van der Waals surface area contributed by atoms with Crippen LogP contribution in [0.3, 0.4) is 0 Å². The Balaban J connectivity index is 2.03. The second-order valence-electron chi connectivity index (χ2n) is 4.34. The Bertz CT molecular complexity index is 510. The van der Waals surface area contributed by atoms with Crippen molar-refractivity contribution in [3.05, 3.63) is 35.4 Å². The zero-order chi connectivity index (χ0) is 13.8. The van der Waals surface area contributed by atoms with E-state index in [9.17, 15) is 14.4 Å². The minimum absolute atomic E-state index is 0.118. The van der Waals surface area contributed by atoms with Crippen LogP contribution in [0.15, 0.2) is 24.3 Å². The third kappa shape index (κ3) is 3.09. The van der Waals surface area contributed by atoms with Gasteiger partial charge in [-0.2, -0.15) is 0 Å². The molecule has 6 nitrogen and oxygen atoms in total. The van der Waals surface area contributed by atoms with E-state index in [0.717, 1.165) is 6.42 Å². The molecule has 100 valence electrons. The van der Waals surface area contributed by atoms with E-state index in [1.165, 1.54) is 24.3 Å². The molecule has 0 aromatic heterocycles. The number of benzene rings is 1. The van der Waals surface area contributed by atoms with Gasteiger partial charge in [0.2, 0.25) is 5.91 Å². The number of piperidine rings is 1. The number of carbonyl (C=O) groups is 3. The number of hydrogen-bond acceptors (Lipinski definition) is 3. The van der Waals surface area contributed by atoms with Crippen molar-refractivity contribution in [2.24, 2.45) is 0 Å². The number of aromatic carboxylic acids is 1. The summed E-state index contributed by atoms with van der Waals surface area (Å²) in [5.41, 5.74) is 0.454. The van der Waals surface area contributed by atoms with Gasteiger partial charge >= 0.3 is 5.97 Å². The third-order valence-corrected chi connectivity index (χ3v) is 2.98. The lowest BCUT2D eigenvalue weighted by molar-refractivity contribution is -0.124. The first kappa shape index (κ1) is 13.1. The molecule has 1 aliphatic rings. The third-order valence-electron chi connectivity index (χ3n) is 2.98. The molecule has 19 heavy (non-hydrogen) atoms. The van der Waals surface area contributed by atoms with Crippen LogP contribution < -0.4 is 10.6 Å². The van der Waals surface area contributed by atoms with Crippen molar-refractivity contribution in [1.82, 2.24) is 10.6 Å². The van der Waals surface area contributed by atoms with Gasteiger partial charge in [-0.05, 0) is 37.1 Å². The molecule has 0 spiro atoms. The number of hydrogen-bond donors (Lipinski definition) is 3. The summed E-state index contributed by atoms with van der Waals surface area (Å²) in [6.07, 6.45) is 1.44. The molecule has 1 aromatic carbocycles. The van der Waals surface area contributed by atoms with Gasteiger partial charge in [-0.3, -0.25) is 9.59 Å². The number of amides is 2. The quantitative estimate of drug-likeness (QED) is 0.734. The first-order valence-corrected chi connectivity index (χ1v) is 6.00. The molecular formula is C13H14N2O4. The first-order valence-electron chi connectivity index (χ1n) is 6.00. The normalized spacial score (nSPS) is 18.5. The molecule has 0 radical (unpaired) electrons. The first-order chi connectivity index (χ1) is 9.08. The molecule has 1 heterocycles. The van der Waals surface area contributed by atoms with E-state index in [-0.39, 0.29) is 17.4 Å². The Morgan fingerprint density at radius 2 is 1.84 bits per heavy atom. The fourth-order valence-electron chi connectivity index (χ4n) is 1.92. The number of nitrogens with one attached hydrogen (secondary N) is 2. The van der Waals surface area contributed by atoms with Crippen LogP contribution in [-0.2, 0) is 4.79 Å². The molecule has 1 aromatic rings. The summed E-state index contributed by atoms with van der Waals surface area (Å²) >= 11 is 0. The Morgan fingerprint density at radius 3 is 2.42 bits per heavy atom. The maximum Gasteiger partial charge on any atom is 0.335 e. The maximum atomic E-state index is 11.9. The molecule has 0 saturated carbocycles. The van der Waals surface area contributed by atoms with E-state index in [1.807, 2.05) is 0 Å². The lowest BCUT2D eigenvalue weighted by Gasteiger charge is -2.22. The van der Waals surface area contributed by atoms with E-state index >= 15 is 0 Å². The van der Waals surface area contributed by atoms with Crippen molar-refractivity contribution < 1.29 is 19.5 Å². The van der Waals surface area contributed by atoms with Gasteiger partial charge in [-0.15, -0.1) is 0 Å². The van der Waals surface area contributed by atoms with Crippen molar-refractivity contribution in [3.63, 3.8) is 0 Å². The molecule has 0 unspecified atom stereocenters. The lowest BCUT2D eigenvalue weighted by atomic mass is 10.1. The second kappa shape index (κ2) is 5.51. The van der Waals surface area contributed by atoms with E-state index in [0.29, 0.717) is 18.5 Å². The van der Waals surface area contributed by atoms with E-state index in [2.05, 4.69) is 10.6 Å². The van der Waals surface area contributed by atoms with Crippen LogP contribution in [0.25, 0.3) is 0 Å². The SMILES string of the molecule is O=C(O)c1ccc(C(=O)N[C@@H]2CCCNC2=O)cc1. The molecule has 2 amide bonds. The van der Waals surface area contributed by atoms with Gasteiger partial charge in [-0.1, -0.05) is 0 Å². The molecule has 1 saturated heterocycles. The smallest absolute Gasteiger partial charge is 0.335 e. The Morgan fingerprint density at radius 1 is 1.21 bits per heavy atom. The second-order valence-corrected chi connectivity index (χ2v) is 4.34. The van der Waals surface area contributed by atoms with Gasteiger partial charge in [0.1, 0.15) is 6.04 Å². The summed E-state index contributed by atoms with van der Waals surface area (Å²) in [5.74, 6) is -1.60. The van der Waals surface area contributed by atoms with E-state index < -0.39 is 12.0 Å². The highest BCUT2D eigenvalue weighted by Crippen LogP contribution is 2.07. The lowest BCUT2D eigenvalue weighted by Crippen LogP contribution is -2.50. The fraction of sp³-hybridized carbons (Fsp3) is 0.308. The zero-order valence-corrected chi connectivity index (χ0v) is 10.2. The van der Waals surface area contributed by atoms with Crippen LogP contribution in [0, 0.1) is 0 Å². The molecule has 0 aliphatic carbocycles. The summed E-state index contributed by atoms with van der Waals surface area (Å²) in [6.45, 7) is 0.637. The summed E-state index contributed by atoms with van der Waals surface area (Å²) in [7, 11) is 0. The summed E-state index contributed by atoms with van der Waals surface area (Å²) in [5, 5.41) is 14.1. The average Bonchev–Trinajstić information content (AvgIpc) is 2.41. The van der Waals surface area contributed by atoms with Crippen molar-refractivity contribution in [3.8, 4) is 0 Å². The number of carboxylic acids is 1. The van der Waals surface area contributed by atoms with Crippen LogP contribution in [0.2, 0.25) is 0 Å². The highest BCUT2D eigenvalue weighted by Gasteiger charge is 2.23. The monoisotopic (exact) mass is 262 g/mol. The summed E-state index contributed by atoms with van der Waals surface area (Å²) in [4.78, 5) is 34.1. The molecule has 6 heteroatoms. The van der Waals surface area contributed by atoms with E-state index in [4.69, 9.17) is 5.11 Å².